The van der Waals surface area contributed by atoms with Gasteiger partial charge in [0.15, 0.2) is 0 Å². The second kappa shape index (κ2) is 6.85. The topological polar surface area (TPSA) is 38.9 Å². The first-order valence-corrected chi connectivity index (χ1v) is 8.74. The first kappa shape index (κ1) is 16.1. The lowest BCUT2D eigenvalue weighted by molar-refractivity contribution is 1.40. The molecule has 0 aliphatic heterocycles. The van der Waals surface area contributed by atoms with E-state index in [-0.39, 0.29) is 0 Å². The predicted molar refractivity (Wildman–Crippen MR) is 111 cm³/mol. The number of nitrogens with zero attached hydrogens (tertiary/aromatic N) is 1. The third kappa shape index (κ3) is 2.76. The summed E-state index contributed by atoms with van der Waals surface area (Å²) in [6.07, 6.45) is 3.94. The minimum absolute atomic E-state index is 0.720. The summed E-state index contributed by atoms with van der Waals surface area (Å²) in [5.41, 5.74) is 13.8. The van der Waals surface area contributed by atoms with E-state index < -0.39 is 0 Å². The van der Waals surface area contributed by atoms with E-state index >= 15 is 0 Å². The number of anilines is 1. The van der Waals surface area contributed by atoms with E-state index in [1.165, 1.54) is 5.56 Å². The van der Waals surface area contributed by atoms with Crippen LogP contribution in [0.3, 0.4) is 0 Å². The van der Waals surface area contributed by atoms with Gasteiger partial charge in [-0.15, -0.1) is 0 Å². The van der Waals surface area contributed by atoms with Gasteiger partial charge in [-0.25, -0.2) is 0 Å². The zero-order valence-corrected chi connectivity index (χ0v) is 14.7. The van der Waals surface area contributed by atoms with Gasteiger partial charge in [-0.2, -0.15) is 0 Å². The Morgan fingerprint density at radius 3 is 2.23 bits per heavy atom. The molecule has 26 heavy (non-hydrogen) atoms. The van der Waals surface area contributed by atoms with Crippen molar-refractivity contribution < 1.29 is 0 Å². The normalized spacial score (nSPS) is 11.7. The number of nitrogen functional groups attached to an aromatic ring is 1. The number of nitrogens with two attached hydrogens (primary N) is 1. The Hall–Kier alpha value is -3.39. The van der Waals surface area contributed by atoms with Crippen LogP contribution in [0, 0.1) is 0 Å². The number of hydrogen-bond donors (Lipinski definition) is 1. The van der Waals surface area contributed by atoms with Gasteiger partial charge >= 0.3 is 0 Å². The van der Waals surface area contributed by atoms with Gasteiger partial charge < -0.3 is 5.73 Å². The van der Waals surface area contributed by atoms with Crippen LogP contribution in [0.5, 0.6) is 0 Å². The Labute approximate surface area is 153 Å². The van der Waals surface area contributed by atoms with Crippen molar-refractivity contribution in [2.24, 2.45) is 0 Å². The van der Waals surface area contributed by atoms with E-state index in [0.717, 1.165) is 38.9 Å². The van der Waals surface area contributed by atoms with E-state index in [0.29, 0.717) is 0 Å². The number of allylic oxidation sites excluding steroid dienone is 1. The molecule has 126 valence electrons. The Bertz CT molecular complexity index is 1080. The molecule has 0 fully saturated rings. The summed E-state index contributed by atoms with van der Waals surface area (Å²) >= 11 is 0. The summed E-state index contributed by atoms with van der Waals surface area (Å²) in [7, 11) is 0. The molecule has 4 aromatic rings. The van der Waals surface area contributed by atoms with Crippen LogP contribution in [0.25, 0.3) is 27.6 Å². The van der Waals surface area contributed by atoms with E-state index in [1.54, 1.807) is 0 Å². The highest BCUT2D eigenvalue weighted by Crippen LogP contribution is 2.36. The smallest absolute Gasteiger partial charge is 0.0943 e. The monoisotopic (exact) mass is 336 g/mol. The second-order valence-electron chi connectivity index (χ2n) is 6.22. The largest absolute Gasteiger partial charge is 0.396 e. The molecule has 2 heteroatoms. The lowest BCUT2D eigenvalue weighted by Crippen LogP contribution is -1.98. The maximum atomic E-state index is 6.58. The van der Waals surface area contributed by atoms with Gasteiger partial charge in [-0.05, 0) is 35.3 Å². The minimum Gasteiger partial charge on any atom is -0.396 e. The van der Waals surface area contributed by atoms with Gasteiger partial charge in [0, 0.05) is 17.1 Å². The van der Waals surface area contributed by atoms with Crippen LogP contribution in [-0.4, -0.2) is 4.98 Å². The van der Waals surface area contributed by atoms with E-state index in [9.17, 15) is 0 Å². The van der Waals surface area contributed by atoms with Crippen molar-refractivity contribution >= 4 is 22.2 Å². The number of benzene rings is 3. The van der Waals surface area contributed by atoms with E-state index in [1.807, 2.05) is 55.6 Å². The Morgan fingerprint density at radius 1 is 0.846 bits per heavy atom. The Morgan fingerprint density at radius 2 is 1.54 bits per heavy atom. The minimum atomic E-state index is 0.720. The zero-order valence-electron chi connectivity index (χ0n) is 14.7. The Kier molecular flexibility index (Phi) is 4.24. The lowest BCUT2D eigenvalue weighted by Gasteiger charge is -2.14. The van der Waals surface area contributed by atoms with Crippen molar-refractivity contribution in [3.8, 4) is 11.1 Å². The fourth-order valence-corrected chi connectivity index (χ4v) is 3.44. The van der Waals surface area contributed by atoms with Gasteiger partial charge in [0.2, 0.25) is 0 Å². The van der Waals surface area contributed by atoms with Crippen LogP contribution >= 0.6 is 0 Å². The van der Waals surface area contributed by atoms with Crippen molar-refractivity contribution in [3.05, 3.63) is 102 Å². The average molecular weight is 336 g/mol. The van der Waals surface area contributed by atoms with Crippen LogP contribution in [0.15, 0.2) is 91.1 Å². The molecule has 0 radical (unpaired) electrons. The predicted octanol–water partition coefficient (Wildman–Crippen LogP) is 5.94. The molecule has 0 saturated carbocycles. The van der Waals surface area contributed by atoms with Crippen LogP contribution in [0.2, 0.25) is 0 Å². The maximum absolute atomic E-state index is 6.58. The molecule has 0 saturated heterocycles. The molecule has 0 amide bonds. The molecule has 3 aromatic carbocycles. The molecular weight excluding hydrogens is 316 g/mol. The molecule has 0 aliphatic rings. The van der Waals surface area contributed by atoms with Gasteiger partial charge in [0.1, 0.15) is 0 Å². The summed E-state index contributed by atoms with van der Waals surface area (Å²) in [6.45, 7) is 2.04. The molecule has 0 aliphatic carbocycles. The van der Waals surface area contributed by atoms with Crippen LogP contribution in [0.1, 0.15) is 18.1 Å². The summed E-state index contributed by atoms with van der Waals surface area (Å²) in [5, 5.41) is 1.07. The highest BCUT2D eigenvalue weighted by Gasteiger charge is 2.13. The van der Waals surface area contributed by atoms with Crippen molar-refractivity contribution in [2.45, 2.75) is 6.92 Å². The third-order valence-corrected chi connectivity index (χ3v) is 4.70. The fraction of sp³-hybridized carbons (Fsp3) is 0.0417. The Balaban J connectivity index is 1.92. The number of rotatable bonds is 3. The zero-order chi connectivity index (χ0) is 17.9. The molecule has 0 bridgehead atoms. The summed E-state index contributed by atoms with van der Waals surface area (Å²) in [4.78, 5) is 4.59. The van der Waals surface area contributed by atoms with Gasteiger partial charge in [-0.3, -0.25) is 4.98 Å². The number of hydrogen-bond acceptors (Lipinski definition) is 2. The standard InChI is InChI=1S/C24H20N2/c1-2-19(17-9-5-3-6-10-17)21-13-14-22-20(18-11-7-4-8-12-18)15-16-26-24(22)23(21)25/h2-16H,25H2,1H3/b19-2-. The number of pyridine rings is 1. The molecule has 2 nitrogen and oxygen atoms in total. The van der Waals surface area contributed by atoms with Gasteiger partial charge in [0.05, 0.1) is 11.2 Å². The van der Waals surface area contributed by atoms with Crippen LogP contribution in [0.4, 0.5) is 5.69 Å². The molecule has 1 aromatic heterocycles. The first-order valence-electron chi connectivity index (χ1n) is 8.74. The molecule has 0 spiro atoms. The molecule has 1 heterocycles. The van der Waals surface area contributed by atoms with E-state index in [2.05, 4.69) is 47.5 Å². The average Bonchev–Trinajstić information content (AvgIpc) is 2.71. The fourth-order valence-electron chi connectivity index (χ4n) is 3.44. The maximum Gasteiger partial charge on any atom is 0.0943 e. The molecule has 0 atom stereocenters. The van der Waals surface area contributed by atoms with Crippen molar-refractivity contribution in [3.63, 3.8) is 0 Å². The van der Waals surface area contributed by atoms with Gasteiger partial charge in [0.25, 0.3) is 0 Å². The van der Waals surface area contributed by atoms with Gasteiger partial charge in [-0.1, -0.05) is 78.9 Å². The molecule has 2 N–H and O–H groups in total. The SMILES string of the molecule is C/C=C(/c1ccccc1)c1ccc2c(-c3ccccc3)ccnc2c1N. The first-order chi connectivity index (χ1) is 12.8. The summed E-state index contributed by atoms with van der Waals surface area (Å²) in [5.74, 6) is 0. The second-order valence-corrected chi connectivity index (χ2v) is 6.22. The number of fused-ring (bicyclic) bond motifs is 1. The summed E-state index contributed by atoms with van der Waals surface area (Å²) in [6, 6.07) is 26.9. The third-order valence-electron chi connectivity index (χ3n) is 4.70. The quantitative estimate of drug-likeness (QED) is 0.471. The van der Waals surface area contributed by atoms with Crippen molar-refractivity contribution in [2.75, 3.05) is 5.73 Å². The van der Waals surface area contributed by atoms with Crippen LogP contribution < -0.4 is 5.73 Å². The summed E-state index contributed by atoms with van der Waals surface area (Å²) < 4.78 is 0. The highest BCUT2D eigenvalue weighted by atomic mass is 14.7. The lowest BCUT2D eigenvalue weighted by atomic mass is 9.93. The van der Waals surface area contributed by atoms with Crippen molar-refractivity contribution in [1.82, 2.24) is 4.98 Å². The number of aromatic nitrogens is 1. The van der Waals surface area contributed by atoms with Crippen LogP contribution in [-0.2, 0) is 0 Å². The molecule has 4 rings (SSSR count). The molecule has 0 unspecified atom stereocenters. The van der Waals surface area contributed by atoms with E-state index in [4.69, 9.17) is 5.73 Å². The van der Waals surface area contributed by atoms with Crippen molar-refractivity contribution in [1.29, 1.82) is 0 Å². The highest BCUT2D eigenvalue weighted by molar-refractivity contribution is 6.04. The molecular formula is C24H20N2.